The number of rotatable bonds is 5. The van der Waals surface area contributed by atoms with Gasteiger partial charge in [-0.1, -0.05) is 0 Å². The van der Waals surface area contributed by atoms with Crippen LogP contribution >= 0.6 is 0 Å². The number of fused-ring (bicyclic) bond motifs is 1. The van der Waals surface area contributed by atoms with Gasteiger partial charge in [-0.15, -0.1) is 0 Å². The summed E-state index contributed by atoms with van der Waals surface area (Å²) in [7, 11) is 4.40. The fourth-order valence-electron chi connectivity index (χ4n) is 2.45. The molecular formula is C16H16N2O6. The number of H-pyrrole nitrogens is 1. The van der Waals surface area contributed by atoms with Crippen molar-refractivity contribution in [3.63, 3.8) is 0 Å². The number of hydrogen-bond donors (Lipinski definition) is 2. The summed E-state index contributed by atoms with van der Waals surface area (Å²) in [4.78, 5) is 19.5. The Morgan fingerprint density at radius 1 is 1.17 bits per heavy atom. The van der Waals surface area contributed by atoms with E-state index in [1.54, 1.807) is 12.1 Å². The molecule has 0 spiro atoms. The van der Waals surface area contributed by atoms with Crippen LogP contribution in [-0.4, -0.2) is 36.4 Å². The molecule has 0 saturated carbocycles. The summed E-state index contributed by atoms with van der Waals surface area (Å²) < 4.78 is 21.3. The van der Waals surface area contributed by atoms with Gasteiger partial charge in [0.15, 0.2) is 23.1 Å². The molecule has 1 aromatic carbocycles. The second kappa shape index (κ2) is 6.25. The molecule has 2 N–H and O–H groups in total. The summed E-state index contributed by atoms with van der Waals surface area (Å²) in [5.74, 6) is 1.90. The van der Waals surface area contributed by atoms with E-state index < -0.39 is 0 Å². The lowest BCUT2D eigenvalue weighted by atomic mass is 10.2. The molecule has 0 bridgehead atoms. The maximum absolute atomic E-state index is 12.4. The van der Waals surface area contributed by atoms with Gasteiger partial charge < -0.3 is 28.7 Å². The van der Waals surface area contributed by atoms with Gasteiger partial charge in [0.05, 0.1) is 26.7 Å². The predicted octanol–water partition coefficient (Wildman–Crippen LogP) is 1.70. The van der Waals surface area contributed by atoms with Crippen molar-refractivity contribution >= 4 is 10.9 Å². The normalized spacial score (nSPS) is 10.8. The van der Waals surface area contributed by atoms with Gasteiger partial charge in [0.25, 0.3) is 5.56 Å². The van der Waals surface area contributed by atoms with Crippen LogP contribution in [-0.2, 0) is 6.61 Å². The average molecular weight is 332 g/mol. The monoisotopic (exact) mass is 332 g/mol. The highest BCUT2D eigenvalue weighted by molar-refractivity contribution is 5.90. The third-order valence-corrected chi connectivity index (χ3v) is 3.55. The predicted molar refractivity (Wildman–Crippen MR) is 85.6 cm³/mol. The Labute approximate surface area is 136 Å². The van der Waals surface area contributed by atoms with Crippen LogP contribution in [0.15, 0.2) is 27.4 Å². The van der Waals surface area contributed by atoms with E-state index >= 15 is 0 Å². The summed E-state index contributed by atoms with van der Waals surface area (Å²) in [6.45, 7) is -0.244. The molecule has 0 aliphatic rings. The SMILES string of the molecule is COc1cc2c(=O)[nH]c(-c3ccc(CO)o3)nc2c(OC)c1OC. The molecular weight excluding hydrogens is 316 g/mol. The molecule has 8 heteroatoms. The third kappa shape index (κ3) is 2.46. The van der Waals surface area contributed by atoms with Gasteiger partial charge in [0, 0.05) is 0 Å². The number of aromatic nitrogens is 2. The van der Waals surface area contributed by atoms with Crippen LogP contribution in [0.2, 0.25) is 0 Å². The Hall–Kier alpha value is -3.00. The van der Waals surface area contributed by atoms with Crippen LogP contribution in [0.5, 0.6) is 17.2 Å². The summed E-state index contributed by atoms with van der Waals surface area (Å²) in [5, 5.41) is 9.39. The Balaban J connectivity index is 2.31. The summed E-state index contributed by atoms with van der Waals surface area (Å²) in [6.07, 6.45) is 0. The van der Waals surface area contributed by atoms with Crippen molar-refractivity contribution in [3.05, 3.63) is 34.3 Å². The van der Waals surface area contributed by atoms with E-state index in [0.717, 1.165) is 0 Å². The van der Waals surface area contributed by atoms with E-state index in [9.17, 15) is 4.79 Å². The van der Waals surface area contributed by atoms with E-state index in [1.165, 1.54) is 27.4 Å². The molecule has 0 radical (unpaired) electrons. The quantitative estimate of drug-likeness (QED) is 0.732. The lowest BCUT2D eigenvalue weighted by Gasteiger charge is -2.14. The number of benzene rings is 1. The Kier molecular flexibility index (Phi) is 4.13. The molecule has 3 aromatic rings. The second-order valence-electron chi connectivity index (χ2n) is 4.88. The van der Waals surface area contributed by atoms with Crippen molar-refractivity contribution in [2.24, 2.45) is 0 Å². The largest absolute Gasteiger partial charge is 0.493 e. The fourth-order valence-corrected chi connectivity index (χ4v) is 2.45. The standard InChI is InChI=1S/C16H16N2O6/c1-21-11-6-9-12(14(23-3)13(11)22-2)17-15(18-16(9)20)10-5-4-8(7-19)24-10/h4-6,19H,7H2,1-3H3,(H,17,18,20). The van der Waals surface area contributed by atoms with Gasteiger partial charge in [-0.25, -0.2) is 4.98 Å². The minimum atomic E-state index is -0.379. The molecule has 24 heavy (non-hydrogen) atoms. The highest BCUT2D eigenvalue weighted by atomic mass is 16.5. The first kappa shape index (κ1) is 15.9. The molecule has 2 aromatic heterocycles. The molecule has 0 unspecified atom stereocenters. The minimum Gasteiger partial charge on any atom is -0.493 e. The Morgan fingerprint density at radius 2 is 1.92 bits per heavy atom. The Morgan fingerprint density at radius 3 is 2.50 bits per heavy atom. The molecule has 126 valence electrons. The molecule has 3 rings (SSSR count). The fraction of sp³-hybridized carbons (Fsp3) is 0.250. The number of furan rings is 1. The number of aliphatic hydroxyl groups is 1. The number of nitrogens with zero attached hydrogens (tertiary/aromatic N) is 1. The van der Waals surface area contributed by atoms with Gasteiger partial charge in [0.1, 0.15) is 17.9 Å². The maximum atomic E-state index is 12.4. The first-order valence-electron chi connectivity index (χ1n) is 7.05. The lowest BCUT2D eigenvalue weighted by molar-refractivity contribution is 0.248. The first-order chi connectivity index (χ1) is 11.6. The molecule has 0 amide bonds. The lowest BCUT2D eigenvalue weighted by Crippen LogP contribution is -2.11. The van der Waals surface area contributed by atoms with Gasteiger partial charge in [-0.2, -0.15) is 0 Å². The van der Waals surface area contributed by atoms with Crippen LogP contribution in [0, 0.1) is 0 Å². The summed E-state index contributed by atoms with van der Waals surface area (Å²) >= 11 is 0. The molecule has 8 nitrogen and oxygen atoms in total. The molecule has 0 fully saturated rings. The number of hydrogen-bond acceptors (Lipinski definition) is 7. The maximum Gasteiger partial charge on any atom is 0.259 e. The van der Waals surface area contributed by atoms with Crippen LogP contribution in [0.1, 0.15) is 5.76 Å². The molecule has 0 aliphatic carbocycles. The zero-order valence-corrected chi connectivity index (χ0v) is 13.4. The van der Waals surface area contributed by atoms with Crippen molar-refractivity contribution in [1.29, 1.82) is 0 Å². The summed E-state index contributed by atoms with van der Waals surface area (Å²) in [5.41, 5.74) is -0.0629. The number of aliphatic hydroxyl groups excluding tert-OH is 1. The number of aromatic amines is 1. The smallest absolute Gasteiger partial charge is 0.259 e. The van der Waals surface area contributed by atoms with E-state index in [-0.39, 0.29) is 23.7 Å². The highest BCUT2D eigenvalue weighted by Gasteiger charge is 2.20. The highest BCUT2D eigenvalue weighted by Crippen LogP contribution is 2.41. The van der Waals surface area contributed by atoms with Crippen LogP contribution < -0.4 is 19.8 Å². The van der Waals surface area contributed by atoms with Crippen LogP contribution in [0.3, 0.4) is 0 Å². The molecule has 2 heterocycles. The average Bonchev–Trinajstić information content (AvgIpc) is 3.09. The van der Waals surface area contributed by atoms with E-state index in [4.69, 9.17) is 23.7 Å². The van der Waals surface area contributed by atoms with Crippen molar-refractivity contribution in [2.75, 3.05) is 21.3 Å². The molecule has 0 aliphatic heterocycles. The van der Waals surface area contributed by atoms with Crippen molar-refractivity contribution in [2.45, 2.75) is 6.61 Å². The number of ether oxygens (including phenoxy) is 3. The van der Waals surface area contributed by atoms with E-state index in [0.29, 0.717) is 33.9 Å². The van der Waals surface area contributed by atoms with Crippen molar-refractivity contribution < 1.29 is 23.7 Å². The van der Waals surface area contributed by atoms with Crippen LogP contribution in [0.25, 0.3) is 22.5 Å². The molecule has 0 saturated heterocycles. The van der Waals surface area contributed by atoms with Crippen LogP contribution in [0.4, 0.5) is 0 Å². The van der Waals surface area contributed by atoms with Gasteiger partial charge >= 0.3 is 0 Å². The number of nitrogens with one attached hydrogen (secondary N) is 1. The van der Waals surface area contributed by atoms with Gasteiger partial charge in [-0.3, -0.25) is 4.79 Å². The van der Waals surface area contributed by atoms with Crippen molar-refractivity contribution in [1.82, 2.24) is 9.97 Å². The zero-order valence-electron chi connectivity index (χ0n) is 13.4. The summed E-state index contributed by atoms with van der Waals surface area (Å²) in [6, 6.07) is 4.75. The molecule has 0 atom stereocenters. The third-order valence-electron chi connectivity index (χ3n) is 3.55. The second-order valence-corrected chi connectivity index (χ2v) is 4.88. The van der Waals surface area contributed by atoms with Crippen molar-refractivity contribution in [3.8, 4) is 28.8 Å². The topological polar surface area (TPSA) is 107 Å². The first-order valence-corrected chi connectivity index (χ1v) is 7.05. The van der Waals surface area contributed by atoms with Gasteiger partial charge in [-0.05, 0) is 18.2 Å². The Bertz CT molecular complexity index is 944. The number of methoxy groups -OCH3 is 3. The van der Waals surface area contributed by atoms with E-state index in [1.807, 2.05) is 0 Å². The minimum absolute atomic E-state index is 0.220. The van der Waals surface area contributed by atoms with Gasteiger partial charge in [0.2, 0.25) is 5.75 Å². The van der Waals surface area contributed by atoms with E-state index in [2.05, 4.69) is 9.97 Å². The zero-order chi connectivity index (χ0) is 17.3.